The lowest BCUT2D eigenvalue weighted by atomic mass is 10.0. The van der Waals surface area contributed by atoms with E-state index in [-0.39, 0.29) is 12.5 Å². The zero-order chi connectivity index (χ0) is 13.5. The quantitative estimate of drug-likeness (QED) is 0.775. The summed E-state index contributed by atoms with van der Waals surface area (Å²) in [4.78, 5) is 13.6. The van der Waals surface area contributed by atoms with E-state index >= 15 is 0 Å². The first-order chi connectivity index (χ1) is 8.60. The molecule has 1 amide bonds. The van der Waals surface area contributed by atoms with Crippen molar-refractivity contribution in [2.24, 2.45) is 0 Å². The van der Waals surface area contributed by atoms with Gasteiger partial charge in [-0.05, 0) is 31.4 Å². The van der Waals surface area contributed by atoms with Gasteiger partial charge in [0.15, 0.2) is 6.61 Å². The fourth-order valence-corrected chi connectivity index (χ4v) is 1.90. The smallest absolute Gasteiger partial charge is 0.260 e. The van der Waals surface area contributed by atoms with Crippen molar-refractivity contribution in [2.75, 3.05) is 19.7 Å². The van der Waals surface area contributed by atoms with E-state index in [9.17, 15) is 4.79 Å². The number of carbonyl (C=O) groups excluding carboxylic acids is 1. The van der Waals surface area contributed by atoms with Crippen molar-refractivity contribution in [2.45, 2.75) is 33.6 Å². The summed E-state index contributed by atoms with van der Waals surface area (Å²) in [6.45, 7) is 9.76. The molecule has 0 aliphatic carbocycles. The van der Waals surface area contributed by atoms with Crippen molar-refractivity contribution in [1.82, 2.24) is 4.90 Å². The molecule has 0 aliphatic rings. The first-order valence-corrected chi connectivity index (χ1v) is 6.59. The number of hydrogen-bond acceptors (Lipinski definition) is 2. The van der Waals surface area contributed by atoms with Crippen LogP contribution < -0.4 is 4.74 Å². The highest BCUT2D eigenvalue weighted by Gasteiger charge is 2.12. The molecule has 1 aromatic rings. The van der Waals surface area contributed by atoms with E-state index in [0.29, 0.717) is 5.92 Å². The fraction of sp³-hybridized carbons (Fsp3) is 0.533. The Bertz CT molecular complexity index is 384. The number of hydrogen-bond donors (Lipinski definition) is 0. The number of likely N-dealkylation sites (N-methyl/N-ethyl adjacent to an activating group) is 1. The van der Waals surface area contributed by atoms with Gasteiger partial charge in [-0.2, -0.15) is 0 Å². The molecule has 0 bridgehead atoms. The van der Waals surface area contributed by atoms with E-state index in [1.165, 1.54) is 0 Å². The summed E-state index contributed by atoms with van der Waals surface area (Å²) in [5, 5.41) is 0. The maximum Gasteiger partial charge on any atom is 0.260 e. The molecule has 0 heterocycles. The fourth-order valence-electron chi connectivity index (χ4n) is 1.90. The maximum atomic E-state index is 11.9. The van der Waals surface area contributed by atoms with E-state index in [1.807, 2.05) is 38.1 Å². The van der Waals surface area contributed by atoms with Crippen LogP contribution in [0, 0.1) is 0 Å². The Labute approximate surface area is 110 Å². The van der Waals surface area contributed by atoms with Crippen LogP contribution in [0.3, 0.4) is 0 Å². The number of nitrogens with zero attached hydrogens (tertiary/aromatic N) is 1. The minimum atomic E-state index is 0.0403. The molecule has 100 valence electrons. The van der Waals surface area contributed by atoms with Crippen LogP contribution in [0.15, 0.2) is 24.3 Å². The summed E-state index contributed by atoms with van der Waals surface area (Å²) in [6, 6.07) is 7.89. The summed E-state index contributed by atoms with van der Waals surface area (Å²) in [7, 11) is 0. The van der Waals surface area contributed by atoms with E-state index in [2.05, 4.69) is 13.8 Å². The van der Waals surface area contributed by atoms with Gasteiger partial charge in [-0.25, -0.2) is 0 Å². The van der Waals surface area contributed by atoms with Crippen molar-refractivity contribution in [3.05, 3.63) is 29.8 Å². The molecule has 0 N–H and O–H groups in total. The third kappa shape index (κ3) is 3.76. The van der Waals surface area contributed by atoms with Crippen LogP contribution in [0.2, 0.25) is 0 Å². The highest BCUT2D eigenvalue weighted by molar-refractivity contribution is 5.77. The Morgan fingerprint density at radius 2 is 1.83 bits per heavy atom. The van der Waals surface area contributed by atoms with Crippen molar-refractivity contribution in [1.29, 1.82) is 0 Å². The molecule has 0 aliphatic heterocycles. The van der Waals surface area contributed by atoms with Crippen LogP contribution in [0.1, 0.15) is 39.2 Å². The topological polar surface area (TPSA) is 29.5 Å². The van der Waals surface area contributed by atoms with Crippen molar-refractivity contribution < 1.29 is 9.53 Å². The van der Waals surface area contributed by atoms with Gasteiger partial charge in [-0.3, -0.25) is 4.79 Å². The van der Waals surface area contributed by atoms with E-state index < -0.39 is 0 Å². The molecular weight excluding hydrogens is 226 g/mol. The highest BCUT2D eigenvalue weighted by Crippen LogP contribution is 2.25. The molecular formula is C15H23NO2. The van der Waals surface area contributed by atoms with Crippen molar-refractivity contribution >= 4 is 5.91 Å². The van der Waals surface area contributed by atoms with Crippen LogP contribution in [-0.2, 0) is 4.79 Å². The van der Waals surface area contributed by atoms with Gasteiger partial charge in [0.2, 0.25) is 0 Å². The number of para-hydroxylation sites is 1. The average molecular weight is 249 g/mol. The molecule has 1 aromatic carbocycles. The molecule has 0 spiro atoms. The molecule has 18 heavy (non-hydrogen) atoms. The summed E-state index contributed by atoms with van der Waals surface area (Å²) in [6.07, 6.45) is 0. The Balaban J connectivity index is 2.66. The van der Waals surface area contributed by atoms with Gasteiger partial charge in [0.25, 0.3) is 5.91 Å². The van der Waals surface area contributed by atoms with Crippen LogP contribution >= 0.6 is 0 Å². The second-order valence-corrected chi connectivity index (χ2v) is 4.55. The second kappa shape index (κ2) is 7.04. The number of benzene rings is 1. The predicted molar refractivity (Wildman–Crippen MR) is 74.0 cm³/mol. The molecule has 0 saturated carbocycles. The second-order valence-electron chi connectivity index (χ2n) is 4.55. The Hall–Kier alpha value is -1.51. The molecule has 0 aromatic heterocycles. The Morgan fingerprint density at radius 1 is 1.22 bits per heavy atom. The number of carbonyl (C=O) groups is 1. The number of amides is 1. The molecule has 0 radical (unpaired) electrons. The monoisotopic (exact) mass is 249 g/mol. The first-order valence-electron chi connectivity index (χ1n) is 6.59. The lowest BCUT2D eigenvalue weighted by Gasteiger charge is -2.20. The minimum absolute atomic E-state index is 0.0403. The number of ether oxygens (including phenoxy) is 1. The van der Waals surface area contributed by atoms with Crippen LogP contribution in [-0.4, -0.2) is 30.5 Å². The largest absolute Gasteiger partial charge is 0.483 e. The molecule has 3 heteroatoms. The molecule has 3 nitrogen and oxygen atoms in total. The van der Waals surface area contributed by atoms with Gasteiger partial charge in [0, 0.05) is 13.1 Å². The van der Waals surface area contributed by atoms with Crippen LogP contribution in [0.25, 0.3) is 0 Å². The lowest BCUT2D eigenvalue weighted by molar-refractivity contribution is -0.132. The Kier molecular flexibility index (Phi) is 5.69. The SMILES string of the molecule is CCN(CC)C(=O)COc1ccccc1C(C)C. The van der Waals surface area contributed by atoms with Gasteiger partial charge < -0.3 is 9.64 Å². The zero-order valence-corrected chi connectivity index (χ0v) is 11.8. The third-order valence-electron chi connectivity index (χ3n) is 3.01. The van der Waals surface area contributed by atoms with Crippen LogP contribution in [0.4, 0.5) is 0 Å². The number of rotatable bonds is 6. The van der Waals surface area contributed by atoms with E-state index in [0.717, 1.165) is 24.4 Å². The zero-order valence-electron chi connectivity index (χ0n) is 11.8. The third-order valence-corrected chi connectivity index (χ3v) is 3.01. The standard InChI is InChI=1S/C15H23NO2/c1-5-16(6-2)15(17)11-18-14-10-8-7-9-13(14)12(3)4/h7-10,12H,5-6,11H2,1-4H3. The summed E-state index contributed by atoms with van der Waals surface area (Å²) in [5.74, 6) is 1.25. The van der Waals surface area contributed by atoms with Gasteiger partial charge in [-0.15, -0.1) is 0 Å². The van der Waals surface area contributed by atoms with Crippen molar-refractivity contribution in [3.8, 4) is 5.75 Å². The highest BCUT2D eigenvalue weighted by atomic mass is 16.5. The average Bonchev–Trinajstić information content (AvgIpc) is 2.38. The summed E-state index contributed by atoms with van der Waals surface area (Å²) < 4.78 is 5.65. The molecule has 0 unspecified atom stereocenters. The lowest BCUT2D eigenvalue weighted by Crippen LogP contribution is -2.34. The summed E-state index contributed by atoms with van der Waals surface area (Å²) >= 11 is 0. The Morgan fingerprint density at radius 3 is 2.39 bits per heavy atom. The van der Waals surface area contributed by atoms with Gasteiger partial charge in [-0.1, -0.05) is 32.0 Å². The van der Waals surface area contributed by atoms with E-state index in [1.54, 1.807) is 4.90 Å². The minimum Gasteiger partial charge on any atom is -0.483 e. The maximum absolute atomic E-state index is 11.9. The van der Waals surface area contributed by atoms with E-state index in [4.69, 9.17) is 4.74 Å². The first kappa shape index (κ1) is 14.6. The van der Waals surface area contributed by atoms with Crippen molar-refractivity contribution in [3.63, 3.8) is 0 Å². The molecule has 0 atom stereocenters. The van der Waals surface area contributed by atoms with Gasteiger partial charge in [0.1, 0.15) is 5.75 Å². The normalized spacial score (nSPS) is 10.5. The summed E-state index contributed by atoms with van der Waals surface area (Å²) in [5.41, 5.74) is 1.14. The van der Waals surface area contributed by atoms with Gasteiger partial charge >= 0.3 is 0 Å². The predicted octanol–water partition coefficient (Wildman–Crippen LogP) is 3.06. The molecule has 1 rings (SSSR count). The van der Waals surface area contributed by atoms with Crippen LogP contribution in [0.5, 0.6) is 5.75 Å². The molecule has 0 saturated heterocycles. The van der Waals surface area contributed by atoms with Gasteiger partial charge in [0.05, 0.1) is 0 Å². The molecule has 0 fully saturated rings.